The van der Waals surface area contributed by atoms with Gasteiger partial charge in [0.25, 0.3) is 0 Å². The Bertz CT molecular complexity index is 1450. The van der Waals surface area contributed by atoms with Gasteiger partial charge in [-0.3, -0.25) is 4.79 Å². The van der Waals surface area contributed by atoms with Gasteiger partial charge in [-0.05, 0) is 72.5 Å². The quantitative estimate of drug-likeness (QED) is 0.347. The highest BCUT2D eigenvalue weighted by Crippen LogP contribution is 2.46. The number of phenols is 2. The predicted octanol–water partition coefficient (Wildman–Crippen LogP) is 6.37. The number of benzene rings is 2. The maximum Gasteiger partial charge on any atom is 0.204 e. The topological polar surface area (TPSA) is 89.1 Å². The van der Waals surface area contributed by atoms with Crippen LogP contribution >= 0.6 is 0 Å². The number of allylic oxidation sites excluding steroid dienone is 2. The van der Waals surface area contributed by atoms with Crippen LogP contribution < -0.4 is 14.9 Å². The number of aromatic hydroxyl groups is 2. The Morgan fingerprint density at radius 3 is 2.56 bits per heavy atom. The lowest BCUT2D eigenvalue weighted by molar-refractivity contribution is 0.0543. The zero-order chi connectivity index (χ0) is 24.4. The SMILES string of the molecule is CC(C)=CCCC1(C)CCc2c(c(O)cc3oc4cc5c(c(O)c4c(=O)c23)C=CC(C)(C)O5)O1. The third kappa shape index (κ3) is 3.61. The third-order valence-corrected chi connectivity index (χ3v) is 6.77. The van der Waals surface area contributed by atoms with E-state index in [1.54, 1.807) is 12.1 Å². The van der Waals surface area contributed by atoms with E-state index in [1.165, 1.54) is 11.6 Å². The zero-order valence-corrected chi connectivity index (χ0v) is 20.2. The lowest BCUT2D eigenvalue weighted by Gasteiger charge is -2.36. The molecule has 0 saturated heterocycles. The first kappa shape index (κ1) is 22.4. The van der Waals surface area contributed by atoms with Gasteiger partial charge >= 0.3 is 0 Å². The lowest BCUT2D eigenvalue weighted by Crippen LogP contribution is -2.36. The summed E-state index contributed by atoms with van der Waals surface area (Å²) in [6.45, 7) is 9.98. The van der Waals surface area contributed by atoms with Crippen molar-refractivity contribution in [2.45, 2.75) is 71.5 Å². The molecule has 6 nitrogen and oxygen atoms in total. The van der Waals surface area contributed by atoms with E-state index in [0.717, 1.165) is 12.8 Å². The molecule has 0 amide bonds. The van der Waals surface area contributed by atoms with Crippen LogP contribution in [0, 0.1) is 0 Å². The molecule has 0 bridgehead atoms. The Labute approximate surface area is 198 Å². The minimum absolute atomic E-state index is 0.0550. The van der Waals surface area contributed by atoms with Crippen LogP contribution in [0.15, 0.2) is 39.1 Å². The fourth-order valence-corrected chi connectivity index (χ4v) is 4.92. The van der Waals surface area contributed by atoms with Gasteiger partial charge in [0.1, 0.15) is 39.3 Å². The molecular formula is C28H30O6. The van der Waals surface area contributed by atoms with Crippen molar-refractivity contribution in [3.8, 4) is 23.0 Å². The summed E-state index contributed by atoms with van der Waals surface area (Å²) in [6, 6.07) is 3.06. The Hall–Kier alpha value is -3.41. The monoisotopic (exact) mass is 462 g/mol. The molecule has 178 valence electrons. The van der Waals surface area contributed by atoms with Crippen molar-refractivity contribution in [1.82, 2.24) is 0 Å². The molecule has 3 heterocycles. The van der Waals surface area contributed by atoms with Gasteiger partial charge in [0.05, 0.1) is 10.9 Å². The number of rotatable bonds is 3. The molecule has 6 heteroatoms. The van der Waals surface area contributed by atoms with Crippen LogP contribution in [0.2, 0.25) is 0 Å². The van der Waals surface area contributed by atoms with Crippen molar-refractivity contribution in [3.63, 3.8) is 0 Å². The highest BCUT2D eigenvalue weighted by atomic mass is 16.5. The van der Waals surface area contributed by atoms with Crippen LogP contribution in [-0.2, 0) is 6.42 Å². The number of fused-ring (bicyclic) bond motifs is 5. The first-order chi connectivity index (χ1) is 16.0. The highest BCUT2D eigenvalue weighted by molar-refractivity contribution is 5.99. The Morgan fingerprint density at radius 2 is 1.82 bits per heavy atom. The molecule has 1 atom stereocenters. The van der Waals surface area contributed by atoms with Gasteiger partial charge < -0.3 is 24.1 Å². The van der Waals surface area contributed by atoms with E-state index in [0.29, 0.717) is 40.9 Å². The van der Waals surface area contributed by atoms with Crippen LogP contribution in [0.4, 0.5) is 0 Å². The first-order valence-corrected chi connectivity index (χ1v) is 11.7. The Morgan fingerprint density at radius 1 is 1.09 bits per heavy atom. The maximum atomic E-state index is 13.7. The van der Waals surface area contributed by atoms with Crippen molar-refractivity contribution in [1.29, 1.82) is 0 Å². The molecule has 0 radical (unpaired) electrons. The summed E-state index contributed by atoms with van der Waals surface area (Å²) in [5, 5.41) is 22.2. The summed E-state index contributed by atoms with van der Waals surface area (Å²) in [5.41, 5.74) is 1.46. The summed E-state index contributed by atoms with van der Waals surface area (Å²) in [4.78, 5) is 13.7. The van der Waals surface area contributed by atoms with E-state index < -0.39 is 11.2 Å². The number of aryl methyl sites for hydroxylation is 1. The van der Waals surface area contributed by atoms with Gasteiger partial charge in [0.2, 0.25) is 5.43 Å². The molecule has 34 heavy (non-hydrogen) atoms. The summed E-state index contributed by atoms with van der Waals surface area (Å²) in [6.07, 6.45) is 8.72. The molecule has 5 rings (SSSR count). The smallest absolute Gasteiger partial charge is 0.204 e. The fourth-order valence-electron chi connectivity index (χ4n) is 4.92. The molecule has 0 aliphatic carbocycles. The number of phenolic OH excluding ortho intramolecular Hbond substituents is 2. The second-order valence-electron chi connectivity index (χ2n) is 10.4. The summed E-state index contributed by atoms with van der Waals surface area (Å²) < 4.78 is 18.3. The lowest BCUT2D eigenvalue weighted by atomic mass is 9.87. The van der Waals surface area contributed by atoms with Crippen LogP contribution in [-0.4, -0.2) is 21.4 Å². The van der Waals surface area contributed by atoms with E-state index in [9.17, 15) is 15.0 Å². The molecule has 1 aromatic heterocycles. The van der Waals surface area contributed by atoms with Gasteiger partial charge in [-0.15, -0.1) is 0 Å². The Kier molecular flexibility index (Phi) is 4.97. The second kappa shape index (κ2) is 7.55. The summed E-state index contributed by atoms with van der Waals surface area (Å²) >= 11 is 0. The standard InChI is InChI=1S/C28H30O6/c1-15(2)7-6-10-28(5)12-9-17-22-20(13-18(29)26(17)34-28)32-21-14-19-16(8-11-27(3,4)33-19)24(30)23(21)25(22)31/h7-8,11,13-14,29-30H,6,9-10,12H2,1-5H3. The van der Waals surface area contributed by atoms with E-state index >= 15 is 0 Å². The largest absolute Gasteiger partial charge is 0.506 e. The van der Waals surface area contributed by atoms with E-state index in [2.05, 4.69) is 19.9 Å². The first-order valence-electron chi connectivity index (χ1n) is 11.7. The van der Waals surface area contributed by atoms with Gasteiger partial charge in [0, 0.05) is 17.7 Å². The highest BCUT2D eigenvalue weighted by Gasteiger charge is 2.35. The van der Waals surface area contributed by atoms with Crippen LogP contribution in [0.1, 0.15) is 65.0 Å². The average molecular weight is 463 g/mol. The average Bonchev–Trinajstić information content (AvgIpc) is 2.72. The third-order valence-electron chi connectivity index (χ3n) is 6.77. The van der Waals surface area contributed by atoms with Crippen molar-refractivity contribution in [3.05, 3.63) is 51.2 Å². The number of hydrogen-bond acceptors (Lipinski definition) is 6. The number of ether oxygens (including phenoxy) is 2. The van der Waals surface area contributed by atoms with Gasteiger partial charge in [-0.25, -0.2) is 0 Å². The van der Waals surface area contributed by atoms with Crippen LogP contribution in [0.3, 0.4) is 0 Å². The molecule has 0 fully saturated rings. The van der Waals surface area contributed by atoms with Crippen molar-refractivity contribution in [2.24, 2.45) is 0 Å². The van der Waals surface area contributed by atoms with Crippen molar-refractivity contribution >= 4 is 28.0 Å². The molecule has 2 aliphatic rings. The second-order valence-corrected chi connectivity index (χ2v) is 10.4. The molecule has 0 spiro atoms. The maximum absolute atomic E-state index is 13.7. The van der Waals surface area contributed by atoms with Gasteiger partial charge in [-0.1, -0.05) is 11.6 Å². The van der Waals surface area contributed by atoms with Crippen molar-refractivity contribution < 1.29 is 24.1 Å². The fraction of sp³-hybridized carbons (Fsp3) is 0.393. The minimum atomic E-state index is -0.544. The van der Waals surface area contributed by atoms with Crippen LogP contribution in [0.25, 0.3) is 28.0 Å². The van der Waals surface area contributed by atoms with Gasteiger partial charge in [0.15, 0.2) is 11.5 Å². The molecule has 2 aromatic carbocycles. The molecule has 2 aliphatic heterocycles. The summed E-state index contributed by atoms with van der Waals surface area (Å²) in [7, 11) is 0. The molecule has 1 unspecified atom stereocenters. The van der Waals surface area contributed by atoms with Gasteiger partial charge in [-0.2, -0.15) is 0 Å². The molecule has 0 saturated carbocycles. The molecule has 2 N–H and O–H groups in total. The van der Waals surface area contributed by atoms with E-state index in [1.807, 2.05) is 26.8 Å². The minimum Gasteiger partial charge on any atom is -0.506 e. The van der Waals surface area contributed by atoms with Crippen LogP contribution in [0.5, 0.6) is 23.0 Å². The van der Waals surface area contributed by atoms with E-state index in [4.69, 9.17) is 13.9 Å². The predicted molar refractivity (Wildman–Crippen MR) is 133 cm³/mol. The molecular weight excluding hydrogens is 432 g/mol. The van der Waals surface area contributed by atoms with E-state index in [-0.39, 0.29) is 33.5 Å². The Balaban J connectivity index is 1.67. The molecule has 3 aromatic rings. The zero-order valence-electron chi connectivity index (χ0n) is 20.2. The van der Waals surface area contributed by atoms with Crippen molar-refractivity contribution in [2.75, 3.05) is 0 Å². The normalized spacial score (nSPS) is 20.4. The number of hydrogen-bond donors (Lipinski definition) is 2. The summed E-state index contributed by atoms with van der Waals surface area (Å²) in [5.74, 6) is 0.547.